The van der Waals surface area contributed by atoms with Gasteiger partial charge in [-0.05, 0) is 77.3 Å². The zero-order valence-electron chi connectivity index (χ0n) is 55.3. The molecule has 26 nitrogen and oxygen atoms in total. The molecule has 3 aliphatic carbocycles. The number of amides is 3. The van der Waals surface area contributed by atoms with E-state index >= 15 is 9.59 Å². The fourth-order valence-corrected chi connectivity index (χ4v) is 13.8. The summed E-state index contributed by atoms with van der Waals surface area (Å²) in [4.78, 5) is 116. The highest BCUT2D eigenvalue weighted by molar-refractivity contribution is 6.34. The molecule has 2 aromatic carbocycles. The Balaban J connectivity index is 0.971. The molecule has 2 saturated carbocycles. The molecule has 3 amide bonds. The van der Waals surface area contributed by atoms with Gasteiger partial charge < -0.3 is 78.6 Å². The highest BCUT2D eigenvalue weighted by atomic mass is 35.5. The summed E-state index contributed by atoms with van der Waals surface area (Å²) < 4.78 is 49.5. The summed E-state index contributed by atoms with van der Waals surface area (Å²) in [6.45, 7) is 15.1. The minimum Gasteiger partial charge on any atom is -0.496 e. The van der Waals surface area contributed by atoms with Crippen LogP contribution in [0.1, 0.15) is 119 Å². The first kappa shape index (κ1) is 70.4. The Bertz CT molecular complexity index is 3900. The topological polar surface area (TPSA) is 342 Å². The molecule has 1 saturated heterocycles. The maximum Gasteiger partial charge on any atom is 0.410 e. The molecule has 95 heavy (non-hydrogen) atoms. The number of likely N-dealkylation sites (N-methyl/N-ethyl adjacent to an activating group) is 2. The van der Waals surface area contributed by atoms with Crippen molar-refractivity contribution in [3.05, 3.63) is 123 Å². The SMILES string of the molecule is COc1c(C)cnc(Cn2cc(C#CCCOC(=O)N(C)CCN(C)C(=O)O[C@@H](C(=O)O[C@H]3C[C@@]4(O)[C@@H](OC(=O)c5ccccc5)[C@@H]5[C@]6(OC(C)=O)CO[C@@H]6C[C@H](O)[C@@]5(C)C(=O)[C@H](O)C(=C3C)C4(C)C)[C@@H](NC(=O)OC(C)(C)C)c3ccccc3)c3c(Cl)nc(N)nc32)c1C. The van der Waals surface area contributed by atoms with E-state index in [-0.39, 0.29) is 79.1 Å². The second-order valence-corrected chi connectivity index (χ2v) is 26.6. The van der Waals surface area contributed by atoms with Crippen molar-refractivity contribution in [3.8, 4) is 17.6 Å². The smallest absolute Gasteiger partial charge is 0.410 e. The summed E-state index contributed by atoms with van der Waals surface area (Å²) in [5.41, 5.74) is 0.240. The molecule has 0 unspecified atom stereocenters. The third kappa shape index (κ3) is 13.7. The predicted octanol–water partition coefficient (Wildman–Crippen LogP) is 6.89. The van der Waals surface area contributed by atoms with Gasteiger partial charge in [0.05, 0.1) is 59.9 Å². The number of benzene rings is 2. The zero-order valence-corrected chi connectivity index (χ0v) is 56.1. The molecule has 5 aromatic rings. The molecule has 0 radical (unpaired) electrons. The number of anilines is 1. The van der Waals surface area contributed by atoms with Gasteiger partial charge in [0, 0.05) is 82.3 Å². The van der Waals surface area contributed by atoms with E-state index in [1.54, 1.807) is 88.8 Å². The van der Waals surface area contributed by atoms with Gasteiger partial charge in [-0.3, -0.25) is 14.6 Å². The molecule has 6 N–H and O–H groups in total. The summed E-state index contributed by atoms with van der Waals surface area (Å²) in [5, 5.41) is 41.9. The molecule has 2 bridgehead atoms. The number of aryl methyl sites for hydroxylation is 1. The second kappa shape index (κ2) is 27.5. The zero-order chi connectivity index (χ0) is 69.4. The number of aliphatic hydroxyl groups is 3. The quantitative estimate of drug-likeness (QED) is 0.0158. The molecule has 4 heterocycles. The summed E-state index contributed by atoms with van der Waals surface area (Å²) in [7, 11) is 4.36. The van der Waals surface area contributed by atoms with E-state index in [0.29, 0.717) is 22.3 Å². The molecule has 3 aromatic heterocycles. The van der Waals surface area contributed by atoms with Gasteiger partial charge in [0.15, 0.2) is 11.4 Å². The molecular weight excluding hydrogens is 1250 g/mol. The van der Waals surface area contributed by atoms with Crippen molar-refractivity contribution in [2.24, 2.45) is 16.7 Å². The van der Waals surface area contributed by atoms with Crippen molar-refractivity contribution in [1.82, 2.24) is 34.6 Å². The Morgan fingerprint density at radius 2 is 1.60 bits per heavy atom. The Morgan fingerprint density at radius 3 is 2.22 bits per heavy atom. The number of fused-ring (bicyclic) bond motifs is 6. The van der Waals surface area contributed by atoms with E-state index in [1.165, 1.54) is 58.8 Å². The van der Waals surface area contributed by atoms with E-state index in [0.717, 1.165) is 28.6 Å². The van der Waals surface area contributed by atoms with Crippen LogP contribution in [0.25, 0.3) is 11.0 Å². The third-order valence-electron chi connectivity index (χ3n) is 18.6. The molecule has 0 spiro atoms. The number of carbonyl (C=O) groups excluding carboxylic acids is 7. The lowest BCUT2D eigenvalue weighted by Gasteiger charge is -2.67. The summed E-state index contributed by atoms with van der Waals surface area (Å²) >= 11 is 6.59. The Morgan fingerprint density at radius 1 is 0.947 bits per heavy atom. The van der Waals surface area contributed by atoms with Crippen molar-refractivity contribution in [2.75, 3.05) is 53.2 Å². The second-order valence-electron chi connectivity index (χ2n) is 26.2. The average molecular weight is 1330 g/mol. The van der Waals surface area contributed by atoms with Crippen LogP contribution < -0.4 is 15.8 Å². The monoisotopic (exact) mass is 1330 g/mol. The van der Waals surface area contributed by atoms with Crippen LogP contribution >= 0.6 is 11.6 Å². The average Bonchev–Trinajstić information content (AvgIpc) is 0.913. The van der Waals surface area contributed by atoms with Gasteiger partial charge in [-0.15, -0.1) is 0 Å². The third-order valence-corrected chi connectivity index (χ3v) is 18.9. The number of alkyl carbamates (subject to hydrolysis) is 1. The number of hydrogen-bond acceptors (Lipinski definition) is 22. The maximum atomic E-state index is 15.5. The molecule has 9 rings (SSSR count). The number of nitrogen functional groups attached to an aromatic ring is 1. The fraction of sp³-hybridized carbons (Fsp3) is 0.500. The van der Waals surface area contributed by atoms with Gasteiger partial charge in [0.1, 0.15) is 64.8 Å². The number of nitrogens with two attached hydrogens (primary N) is 1. The minimum absolute atomic E-state index is 0.0233. The van der Waals surface area contributed by atoms with E-state index < -0.39 is 125 Å². The number of methoxy groups -OCH3 is 1. The van der Waals surface area contributed by atoms with Gasteiger partial charge in [0.2, 0.25) is 12.1 Å². The molecule has 1 aliphatic heterocycles. The van der Waals surface area contributed by atoms with Crippen molar-refractivity contribution in [3.63, 3.8) is 0 Å². The van der Waals surface area contributed by atoms with Crippen LogP contribution in [0.2, 0.25) is 5.15 Å². The van der Waals surface area contributed by atoms with Crippen LogP contribution in [0.3, 0.4) is 0 Å². The van der Waals surface area contributed by atoms with Crippen LogP contribution in [-0.2, 0) is 54.1 Å². The standard InChI is InChI=1S/C68H81ClN8O18/c1-36-32-71-43(37(2)51(36)88-13)34-77-33-42(47-56(69)73-60(70)74-57(47)77)26-20-21-29-89-62(85)75(11)27-28-76(12)63(86)92-52(49(40-22-16-14-17-23-40)72-61(84)95-64(5,6)7)59(83)91-44-31-68(87)55(93-58(82)41-24-18-15-19-25-41)53-66(10,54(81)50(80)48(38(44)3)65(68,8)9)45(79)30-46-67(53,35-90-46)94-39(4)78/h14-19,22-25,32-33,44-46,49-50,52-53,55,79-80,87H,21,27-31,34-35H2,1-13H3,(H,72,84)(H2,70,73,74)/t44-,45-,46+,49-,50+,52+,53-,55-,66+,67-,68+/m0/s1. The Hall–Kier alpha value is -8.87. The lowest BCUT2D eigenvalue weighted by atomic mass is 9.44. The van der Waals surface area contributed by atoms with Crippen LogP contribution in [0, 0.1) is 42.4 Å². The van der Waals surface area contributed by atoms with Gasteiger partial charge in [-0.2, -0.15) is 4.98 Å². The van der Waals surface area contributed by atoms with Crippen LogP contribution in [-0.4, -0.2) is 188 Å². The molecular formula is C68H81ClN8O18. The minimum atomic E-state index is -2.50. The van der Waals surface area contributed by atoms with Crippen molar-refractivity contribution in [1.29, 1.82) is 0 Å². The largest absolute Gasteiger partial charge is 0.496 e. The number of pyridine rings is 1. The number of nitrogens with zero attached hydrogens (tertiary/aromatic N) is 6. The van der Waals surface area contributed by atoms with Gasteiger partial charge in [-0.25, -0.2) is 29.0 Å². The van der Waals surface area contributed by atoms with Crippen LogP contribution in [0.4, 0.5) is 20.3 Å². The molecule has 27 heteroatoms. The van der Waals surface area contributed by atoms with Gasteiger partial charge in [0.25, 0.3) is 0 Å². The fourth-order valence-electron chi connectivity index (χ4n) is 13.6. The number of halogens is 1. The number of esters is 3. The van der Waals surface area contributed by atoms with Gasteiger partial charge in [-0.1, -0.05) is 85.8 Å². The van der Waals surface area contributed by atoms with Gasteiger partial charge >= 0.3 is 36.2 Å². The summed E-state index contributed by atoms with van der Waals surface area (Å²) in [6.07, 6.45) is -10.8. The number of hydrogen-bond donors (Lipinski definition) is 5. The molecule has 3 fully saturated rings. The van der Waals surface area contributed by atoms with E-state index in [9.17, 15) is 39.3 Å². The maximum absolute atomic E-state index is 15.5. The normalized spacial score (nSPS) is 24.8. The highest BCUT2D eigenvalue weighted by Gasteiger charge is 2.78. The van der Waals surface area contributed by atoms with Crippen LogP contribution in [0.5, 0.6) is 5.75 Å². The van der Waals surface area contributed by atoms with E-state index in [4.69, 9.17) is 55.2 Å². The Labute approximate surface area is 554 Å². The Kier molecular flexibility index (Phi) is 20.4. The first-order valence-electron chi connectivity index (χ1n) is 30.9. The number of rotatable bonds is 17. The number of nitrogens with one attached hydrogen (secondary N) is 1. The summed E-state index contributed by atoms with van der Waals surface area (Å²) in [5.74, 6) is 1.02. The first-order chi connectivity index (χ1) is 44.7. The molecule has 508 valence electrons. The highest BCUT2D eigenvalue weighted by Crippen LogP contribution is 2.64. The van der Waals surface area contributed by atoms with Crippen molar-refractivity contribution in [2.45, 2.75) is 155 Å². The number of Topliss-reactive ketones (excluding diaryl/α,β-unsaturated/α-hetero) is 1. The predicted molar refractivity (Wildman–Crippen MR) is 342 cm³/mol. The molecule has 11 atom stereocenters. The number of ether oxygens (including phenoxy) is 8. The van der Waals surface area contributed by atoms with E-state index in [2.05, 4.69) is 32.1 Å². The number of aromatic nitrogens is 4. The number of ketones is 1. The molecule has 4 aliphatic rings. The number of carbonyl (C=O) groups is 7. The van der Waals surface area contributed by atoms with Crippen molar-refractivity contribution >= 4 is 70.6 Å². The lowest BCUT2D eigenvalue weighted by Crippen LogP contribution is -2.81. The van der Waals surface area contributed by atoms with E-state index in [1.807, 2.05) is 18.4 Å². The first-order valence-corrected chi connectivity index (χ1v) is 31.3. The van der Waals surface area contributed by atoms with Crippen LogP contribution in [0.15, 0.2) is 84.2 Å². The van der Waals surface area contributed by atoms with Crippen molar-refractivity contribution < 1.29 is 86.8 Å². The summed E-state index contributed by atoms with van der Waals surface area (Å²) in [6, 6.07) is 14.2. The number of aliphatic hydroxyl groups excluding tert-OH is 2. The lowest BCUT2D eigenvalue weighted by molar-refractivity contribution is -0.346.